The van der Waals surface area contributed by atoms with E-state index in [0.717, 1.165) is 4.47 Å². The summed E-state index contributed by atoms with van der Waals surface area (Å²) in [6, 6.07) is 8.03. The predicted octanol–water partition coefficient (Wildman–Crippen LogP) is 4.54. The lowest BCUT2D eigenvalue weighted by Gasteiger charge is -2.06. The van der Waals surface area contributed by atoms with E-state index in [9.17, 15) is 4.39 Å². The summed E-state index contributed by atoms with van der Waals surface area (Å²) in [7, 11) is 0. The maximum Gasteiger partial charge on any atom is 0.233 e. The summed E-state index contributed by atoms with van der Waals surface area (Å²) in [5.41, 5.74) is 0. The molecule has 2 aromatic rings. The SMILES string of the molecule is Fc1ccc(Oc2ncccc2Br)cc1Br. The van der Waals surface area contributed by atoms with Crippen LogP contribution in [-0.2, 0) is 0 Å². The summed E-state index contributed by atoms with van der Waals surface area (Å²) < 4.78 is 19.6. The molecule has 82 valence electrons. The number of rotatable bonds is 2. The molecule has 0 aliphatic carbocycles. The van der Waals surface area contributed by atoms with E-state index in [4.69, 9.17) is 4.74 Å². The fourth-order valence-corrected chi connectivity index (χ4v) is 1.79. The van der Waals surface area contributed by atoms with Gasteiger partial charge in [-0.25, -0.2) is 9.37 Å². The van der Waals surface area contributed by atoms with Gasteiger partial charge in [0.15, 0.2) is 0 Å². The fraction of sp³-hybridized carbons (Fsp3) is 0. The van der Waals surface area contributed by atoms with Gasteiger partial charge in [0.1, 0.15) is 11.6 Å². The Morgan fingerprint density at radius 3 is 2.62 bits per heavy atom. The normalized spacial score (nSPS) is 10.2. The van der Waals surface area contributed by atoms with Crippen LogP contribution in [0.25, 0.3) is 0 Å². The number of hydrogen-bond acceptors (Lipinski definition) is 2. The molecule has 1 aromatic carbocycles. The second kappa shape index (κ2) is 4.93. The lowest BCUT2D eigenvalue weighted by atomic mass is 10.3. The van der Waals surface area contributed by atoms with Gasteiger partial charge >= 0.3 is 0 Å². The van der Waals surface area contributed by atoms with Crippen molar-refractivity contribution < 1.29 is 9.13 Å². The van der Waals surface area contributed by atoms with Crippen LogP contribution in [0.2, 0.25) is 0 Å². The first-order valence-electron chi connectivity index (χ1n) is 4.40. The Bertz CT molecular complexity index is 519. The highest BCUT2D eigenvalue weighted by Crippen LogP contribution is 2.29. The van der Waals surface area contributed by atoms with Crippen molar-refractivity contribution in [2.45, 2.75) is 0 Å². The van der Waals surface area contributed by atoms with Crippen LogP contribution in [0.3, 0.4) is 0 Å². The Labute approximate surface area is 109 Å². The number of pyridine rings is 1. The van der Waals surface area contributed by atoms with Crippen LogP contribution < -0.4 is 4.74 Å². The highest BCUT2D eigenvalue weighted by molar-refractivity contribution is 9.10. The molecule has 0 unspecified atom stereocenters. The molecule has 5 heteroatoms. The van der Waals surface area contributed by atoms with Crippen molar-refractivity contribution >= 4 is 31.9 Å². The van der Waals surface area contributed by atoms with E-state index in [1.54, 1.807) is 24.4 Å². The number of halogens is 3. The lowest BCUT2D eigenvalue weighted by Crippen LogP contribution is -1.89. The summed E-state index contributed by atoms with van der Waals surface area (Å²) in [5, 5.41) is 0. The molecule has 0 aliphatic heterocycles. The van der Waals surface area contributed by atoms with E-state index in [1.807, 2.05) is 6.07 Å². The van der Waals surface area contributed by atoms with Gasteiger partial charge in [0.25, 0.3) is 0 Å². The van der Waals surface area contributed by atoms with Crippen molar-refractivity contribution in [1.29, 1.82) is 0 Å². The highest BCUT2D eigenvalue weighted by atomic mass is 79.9. The minimum atomic E-state index is -0.326. The first-order valence-corrected chi connectivity index (χ1v) is 5.99. The Morgan fingerprint density at radius 1 is 1.12 bits per heavy atom. The van der Waals surface area contributed by atoms with Crippen molar-refractivity contribution in [1.82, 2.24) is 4.98 Å². The molecule has 0 saturated carbocycles. The Morgan fingerprint density at radius 2 is 1.94 bits per heavy atom. The maximum atomic E-state index is 13.0. The molecule has 1 aromatic heterocycles. The minimum Gasteiger partial charge on any atom is -0.438 e. The highest BCUT2D eigenvalue weighted by Gasteiger charge is 2.05. The molecule has 1 heterocycles. The fourth-order valence-electron chi connectivity index (χ4n) is 1.10. The average Bonchev–Trinajstić information content (AvgIpc) is 2.27. The average molecular weight is 347 g/mol. The first-order chi connectivity index (χ1) is 7.66. The van der Waals surface area contributed by atoms with Gasteiger partial charge in [0.05, 0.1) is 8.95 Å². The van der Waals surface area contributed by atoms with Gasteiger partial charge < -0.3 is 4.74 Å². The molecular weight excluding hydrogens is 341 g/mol. The zero-order chi connectivity index (χ0) is 11.5. The van der Waals surface area contributed by atoms with Gasteiger partial charge in [-0.3, -0.25) is 0 Å². The van der Waals surface area contributed by atoms with Crippen LogP contribution in [0.1, 0.15) is 0 Å². The molecule has 0 spiro atoms. The summed E-state index contributed by atoms with van der Waals surface area (Å²) in [6.45, 7) is 0. The molecule has 0 N–H and O–H groups in total. The van der Waals surface area contributed by atoms with Gasteiger partial charge in [-0.1, -0.05) is 0 Å². The molecular formula is C11H6Br2FNO. The van der Waals surface area contributed by atoms with Crippen LogP contribution in [0.15, 0.2) is 45.5 Å². The molecule has 2 nitrogen and oxygen atoms in total. The minimum absolute atomic E-state index is 0.326. The summed E-state index contributed by atoms with van der Waals surface area (Å²) in [4.78, 5) is 4.05. The van der Waals surface area contributed by atoms with Gasteiger partial charge in [0, 0.05) is 6.20 Å². The zero-order valence-electron chi connectivity index (χ0n) is 7.95. The van der Waals surface area contributed by atoms with Crippen molar-refractivity contribution in [2.75, 3.05) is 0 Å². The molecule has 0 amide bonds. The maximum absolute atomic E-state index is 13.0. The molecule has 0 bridgehead atoms. The van der Waals surface area contributed by atoms with E-state index >= 15 is 0 Å². The number of hydrogen-bond donors (Lipinski definition) is 0. The number of aromatic nitrogens is 1. The molecule has 0 atom stereocenters. The van der Waals surface area contributed by atoms with Crippen LogP contribution in [0.5, 0.6) is 11.6 Å². The number of ether oxygens (including phenoxy) is 1. The monoisotopic (exact) mass is 345 g/mol. The van der Waals surface area contributed by atoms with Gasteiger partial charge in [0.2, 0.25) is 5.88 Å². The van der Waals surface area contributed by atoms with Crippen molar-refractivity contribution in [3.05, 3.63) is 51.3 Å². The van der Waals surface area contributed by atoms with Crippen molar-refractivity contribution in [2.24, 2.45) is 0 Å². The lowest BCUT2D eigenvalue weighted by molar-refractivity contribution is 0.457. The number of nitrogens with zero attached hydrogens (tertiary/aromatic N) is 1. The van der Waals surface area contributed by atoms with Gasteiger partial charge in [-0.05, 0) is 62.2 Å². The topological polar surface area (TPSA) is 22.1 Å². The van der Waals surface area contributed by atoms with E-state index in [-0.39, 0.29) is 5.82 Å². The third-order valence-corrected chi connectivity index (χ3v) is 3.04. The zero-order valence-corrected chi connectivity index (χ0v) is 11.1. The van der Waals surface area contributed by atoms with Crippen LogP contribution in [-0.4, -0.2) is 4.98 Å². The van der Waals surface area contributed by atoms with Crippen molar-refractivity contribution in [3.63, 3.8) is 0 Å². The van der Waals surface area contributed by atoms with Crippen LogP contribution in [0.4, 0.5) is 4.39 Å². The summed E-state index contributed by atoms with van der Waals surface area (Å²) in [6.07, 6.45) is 1.62. The van der Waals surface area contributed by atoms with E-state index in [2.05, 4.69) is 36.8 Å². The third-order valence-electron chi connectivity index (χ3n) is 1.83. The van der Waals surface area contributed by atoms with E-state index < -0.39 is 0 Å². The van der Waals surface area contributed by atoms with Crippen LogP contribution in [0, 0.1) is 5.82 Å². The molecule has 0 saturated heterocycles. The molecule has 16 heavy (non-hydrogen) atoms. The molecule has 0 fully saturated rings. The summed E-state index contributed by atoms with van der Waals surface area (Å²) >= 11 is 6.40. The number of benzene rings is 1. The third kappa shape index (κ3) is 2.59. The standard InChI is InChI=1S/C11H6Br2FNO/c12-8-2-1-5-15-11(8)16-7-3-4-10(14)9(13)6-7/h1-6H. The quantitative estimate of drug-likeness (QED) is 0.796. The van der Waals surface area contributed by atoms with Crippen LogP contribution >= 0.6 is 31.9 Å². The largest absolute Gasteiger partial charge is 0.438 e. The van der Waals surface area contributed by atoms with Crippen molar-refractivity contribution in [3.8, 4) is 11.6 Å². The Kier molecular flexibility index (Phi) is 3.56. The molecule has 0 aliphatic rings. The molecule has 2 rings (SSSR count). The Balaban J connectivity index is 2.28. The smallest absolute Gasteiger partial charge is 0.233 e. The van der Waals surface area contributed by atoms with E-state index in [1.165, 1.54) is 6.07 Å². The van der Waals surface area contributed by atoms with Gasteiger partial charge in [-0.15, -0.1) is 0 Å². The Hall–Kier alpha value is -0.940. The van der Waals surface area contributed by atoms with Gasteiger partial charge in [-0.2, -0.15) is 0 Å². The van der Waals surface area contributed by atoms with E-state index in [0.29, 0.717) is 16.1 Å². The predicted molar refractivity (Wildman–Crippen MR) is 66.1 cm³/mol. The summed E-state index contributed by atoms with van der Waals surface area (Å²) in [5.74, 6) is 0.640. The second-order valence-corrected chi connectivity index (χ2v) is 4.68. The molecule has 0 radical (unpaired) electrons. The first kappa shape index (κ1) is 11.5. The second-order valence-electron chi connectivity index (χ2n) is 2.97.